The Kier molecular flexibility index (Phi) is 3.03. The Bertz CT molecular complexity index is 562. The number of hydrogen-bond donors (Lipinski definition) is 1. The molecule has 1 aromatic carbocycles. The molecule has 2 aliphatic rings. The van der Waals surface area contributed by atoms with Crippen LogP contribution < -0.4 is 4.72 Å². The molecule has 5 heteroatoms. The van der Waals surface area contributed by atoms with Crippen molar-refractivity contribution in [3.05, 3.63) is 28.7 Å². The fraction of sp³-hybridized carbons (Fsp3) is 0.538. The van der Waals surface area contributed by atoms with Gasteiger partial charge < -0.3 is 0 Å². The highest BCUT2D eigenvalue weighted by Crippen LogP contribution is 2.60. The van der Waals surface area contributed by atoms with E-state index in [-0.39, 0.29) is 0 Å². The lowest BCUT2D eigenvalue weighted by atomic mass is 10.0. The maximum Gasteiger partial charge on any atom is 0.240 e. The molecule has 1 N–H and O–H groups in total. The van der Waals surface area contributed by atoms with E-state index < -0.39 is 10.0 Å². The summed E-state index contributed by atoms with van der Waals surface area (Å²) < 4.78 is 27.9. The van der Waals surface area contributed by atoms with Crippen molar-refractivity contribution >= 4 is 26.0 Å². The summed E-state index contributed by atoms with van der Waals surface area (Å²) in [6, 6.07) is 6.83. The quantitative estimate of drug-likeness (QED) is 0.902. The second kappa shape index (κ2) is 4.32. The highest BCUT2D eigenvalue weighted by atomic mass is 79.9. The van der Waals surface area contributed by atoms with Crippen LogP contribution in [-0.2, 0) is 10.0 Å². The molecular weight excluding hydrogens is 314 g/mol. The molecule has 0 radical (unpaired) electrons. The number of benzene rings is 1. The maximum atomic E-state index is 12.2. The van der Waals surface area contributed by atoms with Crippen LogP contribution >= 0.6 is 15.9 Å². The SMILES string of the molecule is O=S(=O)(NCC1(C2CC2)CC1)c1cccc(Br)c1. The predicted molar refractivity (Wildman–Crippen MR) is 73.7 cm³/mol. The first-order valence-electron chi connectivity index (χ1n) is 6.27. The molecule has 0 atom stereocenters. The van der Waals surface area contributed by atoms with Gasteiger partial charge in [0.15, 0.2) is 0 Å². The largest absolute Gasteiger partial charge is 0.240 e. The summed E-state index contributed by atoms with van der Waals surface area (Å²) >= 11 is 3.30. The van der Waals surface area contributed by atoms with Crippen LogP contribution in [0.25, 0.3) is 0 Å². The lowest BCUT2D eigenvalue weighted by Gasteiger charge is -2.15. The summed E-state index contributed by atoms with van der Waals surface area (Å²) in [7, 11) is -3.36. The van der Waals surface area contributed by atoms with Gasteiger partial charge in [0.2, 0.25) is 10.0 Å². The minimum atomic E-state index is -3.36. The third kappa shape index (κ3) is 2.49. The van der Waals surface area contributed by atoms with E-state index in [0.29, 0.717) is 16.9 Å². The predicted octanol–water partition coefficient (Wildman–Crippen LogP) is 2.92. The van der Waals surface area contributed by atoms with Gasteiger partial charge in [-0.25, -0.2) is 13.1 Å². The average molecular weight is 330 g/mol. The van der Waals surface area contributed by atoms with E-state index >= 15 is 0 Å². The van der Waals surface area contributed by atoms with Crippen molar-refractivity contribution in [1.82, 2.24) is 4.72 Å². The number of sulfonamides is 1. The summed E-state index contributed by atoms with van der Waals surface area (Å²) in [4.78, 5) is 0.337. The van der Waals surface area contributed by atoms with Crippen molar-refractivity contribution in [3.8, 4) is 0 Å². The zero-order valence-corrected chi connectivity index (χ0v) is 12.4. The first-order valence-corrected chi connectivity index (χ1v) is 8.55. The molecule has 0 aromatic heterocycles. The molecule has 0 heterocycles. The smallest absolute Gasteiger partial charge is 0.211 e. The topological polar surface area (TPSA) is 46.2 Å². The van der Waals surface area contributed by atoms with Crippen LogP contribution in [0.2, 0.25) is 0 Å². The van der Waals surface area contributed by atoms with Crippen LogP contribution in [0.4, 0.5) is 0 Å². The molecule has 0 unspecified atom stereocenters. The van der Waals surface area contributed by atoms with Crippen LogP contribution in [0.1, 0.15) is 25.7 Å². The van der Waals surface area contributed by atoms with Gasteiger partial charge in [0.25, 0.3) is 0 Å². The fourth-order valence-corrected chi connectivity index (χ4v) is 4.28. The van der Waals surface area contributed by atoms with Gasteiger partial charge in [0.1, 0.15) is 0 Å². The van der Waals surface area contributed by atoms with Crippen LogP contribution in [-0.4, -0.2) is 15.0 Å². The Morgan fingerprint density at radius 2 is 2.06 bits per heavy atom. The maximum absolute atomic E-state index is 12.2. The Morgan fingerprint density at radius 3 is 2.61 bits per heavy atom. The molecule has 3 nitrogen and oxygen atoms in total. The van der Waals surface area contributed by atoms with Crippen LogP contribution in [0.5, 0.6) is 0 Å². The third-order valence-corrected chi connectivity index (χ3v) is 5.95. The molecule has 2 aliphatic carbocycles. The van der Waals surface area contributed by atoms with E-state index in [2.05, 4.69) is 20.7 Å². The van der Waals surface area contributed by atoms with Crippen LogP contribution in [0, 0.1) is 11.3 Å². The number of hydrogen-bond acceptors (Lipinski definition) is 2. The Hall–Kier alpha value is -0.390. The van der Waals surface area contributed by atoms with E-state index in [9.17, 15) is 8.42 Å². The number of rotatable bonds is 5. The Morgan fingerprint density at radius 1 is 1.33 bits per heavy atom. The van der Waals surface area contributed by atoms with Crippen molar-refractivity contribution in [1.29, 1.82) is 0 Å². The zero-order valence-electron chi connectivity index (χ0n) is 10.0. The molecule has 18 heavy (non-hydrogen) atoms. The lowest BCUT2D eigenvalue weighted by Crippen LogP contribution is -2.31. The molecule has 0 amide bonds. The van der Waals surface area contributed by atoms with Crippen molar-refractivity contribution in [3.63, 3.8) is 0 Å². The van der Waals surface area contributed by atoms with Crippen molar-refractivity contribution < 1.29 is 8.42 Å². The van der Waals surface area contributed by atoms with E-state index in [0.717, 1.165) is 10.4 Å². The number of halogens is 1. The first-order chi connectivity index (χ1) is 8.52. The average Bonchev–Trinajstić information content (AvgIpc) is 3.18. The van der Waals surface area contributed by atoms with Gasteiger partial charge >= 0.3 is 0 Å². The molecule has 0 spiro atoms. The van der Waals surface area contributed by atoms with Crippen molar-refractivity contribution in [2.24, 2.45) is 11.3 Å². The monoisotopic (exact) mass is 329 g/mol. The molecule has 2 saturated carbocycles. The van der Waals surface area contributed by atoms with Gasteiger partial charge in [0.05, 0.1) is 4.90 Å². The molecule has 2 fully saturated rings. The molecule has 1 aromatic rings. The highest BCUT2D eigenvalue weighted by molar-refractivity contribution is 9.10. The van der Waals surface area contributed by atoms with Gasteiger partial charge in [-0.1, -0.05) is 22.0 Å². The van der Waals surface area contributed by atoms with Gasteiger partial charge in [0, 0.05) is 11.0 Å². The standard InChI is InChI=1S/C13H16BrNO2S/c14-11-2-1-3-12(8-11)18(16,17)15-9-13(6-7-13)10-4-5-10/h1-3,8,10,15H,4-7,9H2. The molecule has 0 aliphatic heterocycles. The van der Waals surface area contributed by atoms with E-state index in [4.69, 9.17) is 0 Å². The minimum absolute atomic E-state index is 0.291. The van der Waals surface area contributed by atoms with Gasteiger partial charge in [-0.2, -0.15) is 0 Å². The molecular formula is C13H16BrNO2S. The van der Waals surface area contributed by atoms with Crippen LogP contribution in [0.3, 0.4) is 0 Å². The summed E-state index contributed by atoms with van der Waals surface area (Å²) in [6.07, 6.45) is 4.91. The molecule has 98 valence electrons. The second-order valence-electron chi connectivity index (χ2n) is 5.42. The molecule has 0 bridgehead atoms. The lowest BCUT2D eigenvalue weighted by molar-refractivity contribution is 0.432. The van der Waals surface area contributed by atoms with E-state index in [1.165, 1.54) is 25.7 Å². The first kappa shape index (κ1) is 12.6. The Balaban J connectivity index is 1.71. The summed E-state index contributed by atoms with van der Waals surface area (Å²) in [5, 5.41) is 0. The van der Waals surface area contributed by atoms with Gasteiger partial charge in [-0.05, 0) is 55.2 Å². The summed E-state index contributed by atoms with van der Waals surface area (Å²) in [6.45, 7) is 0.604. The molecule has 0 saturated heterocycles. The van der Waals surface area contributed by atoms with Gasteiger partial charge in [-0.3, -0.25) is 0 Å². The minimum Gasteiger partial charge on any atom is -0.211 e. The zero-order chi connectivity index (χ0) is 12.8. The Labute approximate surface area is 116 Å². The summed E-state index contributed by atoms with van der Waals surface area (Å²) in [5.74, 6) is 0.766. The number of nitrogens with one attached hydrogen (secondary N) is 1. The van der Waals surface area contributed by atoms with Crippen LogP contribution in [0.15, 0.2) is 33.6 Å². The second-order valence-corrected chi connectivity index (χ2v) is 8.10. The van der Waals surface area contributed by atoms with E-state index in [1.807, 2.05) is 6.07 Å². The van der Waals surface area contributed by atoms with Gasteiger partial charge in [-0.15, -0.1) is 0 Å². The normalized spacial score (nSPS) is 21.8. The third-order valence-electron chi connectivity index (χ3n) is 4.06. The van der Waals surface area contributed by atoms with Crippen molar-refractivity contribution in [2.75, 3.05) is 6.54 Å². The molecule has 3 rings (SSSR count). The van der Waals surface area contributed by atoms with E-state index in [1.54, 1.807) is 18.2 Å². The highest BCUT2D eigenvalue weighted by Gasteiger charge is 2.53. The van der Waals surface area contributed by atoms with Crippen molar-refractivity contribution in [2.45, 2.75) is 30.6 Å². The fourth-order valence-electron chi connectivity index (χ4n) is 2.54. The summed E-state index contributed by atoms with van der Waals surface area (Å²) in [5.41, 5.74) is 0.291.